The van der Waals surface area contributed by atoms with Gasteiger partial charge in [0.25, 0.3) is 0 Å². The summed E-state index contributed by atoms with van der Waals surface area (Å²) in [5.74, 6) is 0.102. The number of nitriles is 1. The SMILES string of the molecule is N#CCC[C@@H]1[C@@H](OCc2ccccc2)CC(=O)N1Cc1ccccc1. The van der Waals surface area contributed by atoms with Crippen molar-refractivity contribution >= 4 is 5.91 Å². The highest BCUT2D eigenvalue weighted by Crippen LogP contribution is 2.28. The lowest BCUT2D eigenvalue weighted by Gasteiger charge is -2.28. The maximum absolute atomic E-state index is 12.5. The predicted molar refractivity (Wildman–Crippen MR) is 95.3 cm³/mol. The second-order valence-electron chi connectivity index (χ2n) is 6.31. The third kappa shape index (κ3) is 4.46. The van der Waals surface area contributed by atoms with Crippen LogP contribution in [-0.4, -0.2) is 23.0 Å². The molecule has 0 aliphatic carbocycles. The van der Waals surface area contributed by atoms with Crippen molar-refractivity contribution in [1.82, 2.24) is 4.90 Å². The molecule has 0 bridgehead atoms. The van der Waals surface area contributed by atoms with E-state index in [-0.39, 0.29) is 18.1 Å². The standard InChI is InChI=1S/C21H22N2O2/c22-13-7-12-19-20(25-16-18-10-5-2-6-11-18)14-21(24)23(19)15-17-8-3-1-4-9-17/h1-6,8-11,19-20H,7,12,14-16H2/t19-,20+/m1/s1. The molecular formula is C21H22N2O2. The Kier molecular flexibility index (Phi) is 5.81. The van der Waals surface area contributed by atoms with Crippen LogP contribution in [0.2, 0.25) is 0 Å². The first-order chi connectivity index (χ1) is 12.3. The van der Waals surface area contributed by atoms with E-state index in [0.717, 1.165) is 11.1 Å². The summed E-state index contributed by atoms with van der Waals surface area (Å²) < 4.78 is 6.07. The molecule has 4 heteroatoms. The average molecular weight is 334 g/mol. The zero-order valence-corrected chi connectivity index (χ0v) is 14.2. The normalized spacial score (nSPS) is 19.8. The molecule has 2 aromatic carbocycles. The van der Waals surface area contributed by atoms with Crippen LogP contribution < -0.4 is 0 Å². The fourth-order valence-corrected chi connectivity index (χ4v) is 3.30. The van der Waals surface area contributed by atoms with Crippen molar-refractivity contribution in [2.24, 2.45) is 0 Å². The van der Waals surface area contributed by atoms with Crippen LogP contribution in [0, 0.1) is 11.3 Å². The van der Waals surface area contributed by atoms with Gasteiger partial charge in [0.2, 0.25) is 5.91 Å². The Bertz CT molecular complexity index is 725. The smallest absolute Gasteiger partial charge is 0.225 e. The van der Waals surface area contributed by atoms with E-state index in [0.29, 0.717) is 32.4 Å². The number of amides is 1. The van der Waals surface area contributed by atoms with Gasteiger partial charge in [-0.05, 0) is 17.5 Å². The molecule has 0 radical (unpaired) electrons. The van der Waals surface area contributed by atoms with Gasteiger partial charge in [0.15, 0.2) is 0 Å². The molecule has 0 spiro atoms. The van der Waals surface area contributed by atoms with Gasteiger partial charge in [0, 0.05) is 13.0 Å². The molecule has 3 rings (SSSR count). The van der Waals surface area contributed by atoms with Crippen LogP contribution in [0.15, 0.2) is 60.7 Å². The average Bonchev–Trinajstić information content (AvgIpc) is 2.95. The lowest BCUT2D eigenvalue weighted by atomic mass is 10.1. The lowest BCUT2D eigenvalue weighted by molar-refractivity contribution is -0.129. The van der Waals surface area contributed by atoms with Crippen LogP contribution >= 0.6 is 0 Å². The van der Waals surface area contributed by atoms with E-state index in [1.165, 1.54) is 0 Å². The molecule has 1 saturated heterocycles. The van der Waals surface area contributed by atoms with Crippen LogP contribution in [0.1, 0.15) is 30.4 Å². The lowest BCUT2D eigenvalue weighted by Crippen LogP contribution is -2.37. The Hall–Kier alpha value is -2.64. The van der Waals surface area contributed by atoms with Crippen LogP contribution in [-0.2, 0) is 22.7 Å². The molecule has 0 N–H and O–H groups in total. The van der Waals surface area contributed by atoms with Gasteiger partial charge < -0.3 is 9.64 Å². The minimum Gasteiger partial charge on any atom is -0.371 e. The summed E-state index contributed by atoms with van der Waals surface area (Å²) in [6.07, 6.45) is 1.29. The van der Waals surface area contributed by atoms with E-state index < -0.39 is 0 Å². The van der Waals surface area contributed by atoms with Gasteiger partial charge in [-0.2, -0.15) is 5.26 Å². The van der Waals surface area contributed by atoms with Gasteiger partial charge in [0.1, 0.15) is 0 Å². The van der Waals surface area contributed by atoms with Crippen molar-refractivity contribution in [2.75, 3.05) is 0 Å². The van der Waals surface area contributed by atoms with Crippen molar-refractivity contribution in [2.45, 2.75) is 44.6 Å². The van der Waals surface area contributed by atoms with Crippen LogP contribution in [0.4, 0.5) is 0 Å². The number of rotatable bonds is 7. The van der Waals surface area contributed by atoms with Gasteiger partial charge in [-0.1, -0.05) is 60.7 Å². The van der Waals surface area contributed by atoms with Crippen LogP contribution in [0.25, 0.3) is 0 Å². The van der Waals surface area contributed by atoms with Crippen molar-refractivity contribution in [3.05, 3.63) is 71.8 Å². The summed E-state index contributed by atoms with van der Waals surface area (Å²) >= 11 is 0. The van der Waals surface area contributed by atoms with Crippen molar-refractivity contribution in [3.8, 4) is 6.07 Å². The number of hydrogen-bond acceptors (Lipinski definition) is 3. The van der Waals surface area contributed by atoms with Gasteiger partial charge in [0.05, 0.1) is 31.2 Å². The third-order valence-electron chi connectivity index (χ3n) is 4.58. The highest BCUT2D eigenvalue weighted by Gasteiger charge is 2.39. The second-order valence-corrected chi connectivity index (χ2v) is 6.31. The maximum Gasteiger partial charge on any atom is 0.225 e. The number of carbonyl (C=O) groups excluding carboxylic acids is 1. The number of carbonyl (C=O) groups is 1. The second kappa shape index (κ2) is 8.46. The molecule has 4 nitrogen and oxygen atoms in total. The highest BCUT2D eigenvalue weighted by atomic mass is 16.5. The Labute approximate surface area is 148 Å². The monoisotopic (exact) mass is 334 g/mol. The Morgan fingerprint density at radius 1 is 1.04 bits per heavy atom. The quantitative estimate of drug-likeness (QED) is 0.776. The van der Waals surface area contributed by atoms with Crippen LogP contribution in [0.5, 0.6) is 0 Å². The fraction of sp³-hybridized carbons (Fsp3) is 0.333. The summed E-state index contributed by atoms with van der Waals surface area (Å²) in [7, 11) is 0. The van der Waals surface area contributed by atoms with E-state index in [4.69, 9.17) is 10.00 Å². The summed E-state index contributed by atoms with van der Waals surface area (Å²) in [5.41, 5.74) is 2.19. The van der Waals surface area contributed by atoms with E-state index >= 15 is 0 Å². The molecule has 1 aliphatic rings. The summed E-state index contributed by atoms with van der Waals surface area (Å²) in [5, 5.41) is 8.97. The van der Waals surface area contributed by atoms with Crippen molar-refractivity contribution < 1.29 is 9.53 Å². The predicted octanol–water partition coefficient (Wildman–Crippen LogP) is 3.68. The molecule has 128 valence electrons. The molecule has 1 amide bonds. The third-order valence-corrected chi connectivity index (χ3v) is 4.58. The minimum atomic E-state index is -0.162. The van der Waals surface area contributed by atoms with Gasteiger partial charge in [-0.3, -0.25) is 4.79 Å². The Balaban J connectivity index is 1.69. The topological polar surface area (TPSA) is 53.3 Å². The molecule has 1 heterocycles. The minimum absolute atomic E-state index is 0.0453. The van der Waals surface area contributed by atoms with Crippen molar-refractivity contribution in [3.63, 3.8) is 0 Å². The first-order valence-corrected chi connectivity index (χ1v) is 8.64. The molecule has 25 heavy (non-hydrogen) atoms. The zero-order valence-electron chi connectivity index (χ0n) is 14.2. The van der Waals surface area contributed by atoms with Crippen LogP contribution in [0.3, 0.4) is 0 Å². The summed E-state index contributed by atoms with van der Waals surface area (Å²) in [6, 6.07) is 22.1. The maximum atomic E-state index is 12.5. The first kappa shape index (κ1) is 17.2. The molecule has 0 unspecified atom stereocenters. The van der Waals surface area contributed by atoms with Gasteiger partial charge >= 0.3 is 0 Å². The number of hydrogen-bond donors (Lipinski definition) is 0. The molecular weight excluding hydrogens is 312 g/mol. The fourth-order valence-electron chi connectivity index (χ4n) is 3.30. The van der Waals surface area contributed by atoms with E-state index in [1.54, 1.807) is 0 Å². The molecule has 1 aliphatic heterocycles. The summed E-state index contributed by atoms with van der Waals surface area (Å²) in [4.78, 5) is 14.4. The molecule has 2 atom stereocenters. The largest absolute Gasteiger partial charge is 0.371 e. The molecule has 1 fully saturated rings. The van der Waals surface area contributed by atoms with Gasteiger partial charge in [-0.15, -0.1) is 0 Å². The molecule has 0 aromatic heterocycles. The Morgan fingerprint density at radius 3 is 2.32 bits per heavy atom. The molecule has 0 saturated carbocycles. The van der Waals surface area contributed by atoms with E-state index in [9.17, 15) is 4.79 Å². The van der Waals surface area contributed by atoms with E-state index in [2.05, 4.69) is 6.07 Å². The number of benzene rings is 2. The number of likely N-dealkylation sites (tertiary alicyclic amines) is 1. The zero-order chi connectivity index (χ0) is 17.5. The number of nitrogens with zero attached hydrogens (tertiary/aromatic N) is 2. The van der Waals surface area contributed by atoms with Gasteiger partial charge in [-0.25, -0.2) is 0 Å². The molecule has 2 aromatic rings. The highest BCUT2D eigenvalue weighted by molar-refractivity contribution is 5.79. The summed E-state index contributed by atoms with van der Waals surface area (Å²) in [6.45, 7) is 1.06. The first-order valence-electron chi connectivity index (χ1n) is 8.64. The Morgan fingerprint density at radius 2 is 1.68 bits per heavy atom. The number of ether oxygens (including phenoxy) is 1. The van der Waals surface area contributed by atoms with E-state index in [1.807, 2.05) is 65.6 Å². The van der Waals surface area contributed by atoms with Crippen molar-refractivity contribution in [1.29, 1.82) is 5.26 Å².